The maximum Gasteiger partial charge on any atom is 0.335 e. The van der Waals surface area contributed by atoms with Gasteiger partial charge in [-0.25, -0.2) is 14.6 Å². The number of aliphatic hydroxyl groups excluding tert-OH is 2. The molecule has 5 rings (SSSR count). The molecule has 2 aromatic carbocycles. The lowest BCUT2D eigenvalue weighted by molar-refractivity contribution is -0.165. The number of fused-ring (bicyclic) bond motifs is 2. The van der Waals surface area contributed by atoms with Gasteiger partial charge in [0, 0.05) is 28.7 Å². The molecule has 2 bridgehead atoms. The van der Waals surface area contributed by atoms with E-state index < -0.39 is 24.1 Å². The van der Waals surface area contributed by atoms with Crippen LogP contribution in [0.25, 0.3) is 10.4 Å². The van der Waals surface area contributed by atoms with Gasteiger partial charge in [-0.15, -0.1) is 11.3 Å². The number of aryl methyl sites for hydroxylation is 1. The molecular formula is C28H31BrN2O6S. The fourth-order valence-corrected chi connectivity index (χ4v) is 6.83. The molecule has 202 valence electrons. The summed E-state index contributed by atoms with van der Waals surface area (Å²) in [5.41, 5.74) is 4.08. The summed E-state index contributed by atoms with van der Waals surface area (Å²) >= 11 is 5.42. The highest BCUT2D eigenvalue weighted by molar-refractivity contribution is 9.10. The van der Waals surface area contributed by atoms with Crippen molar-refractivity contribution in [1.29, 1.82) is 0 Å². The van der Waals surface area contributed by atoms with Gasteiger partial charge in [-0.3, -0.25) is 4.90 Å². The summed E-state index contributed by atoms with van der Waals surface area (Å²) in [5.74, 6) is -2.48. The lowest BCUT2D eigenvalue weighted by atomic mass is 9.76. The Morgan fingerprint density at radius 3 is 2.18 bits per heavy atom. The molecule has 0 radical (unpaired) electrons. The van der Waals surface area contributed by atoms with Crippen LogP contribution in [-0.2, 0) is 9.59 Å². The number of rotatable bonds is 6. The van der Waals surface area contributed by atoms with Crippen LogP contribution in [-0.4, -0.2) is 73.6 Å². The van der Waals surface area contributed by atoms with E-state index in [9.17, 15) is 9.59 Å². The lowest BCUT2D eigenvalue weighted by Crippen LogP contribution is -2.44. The van der Waals surface area contributed by atoms with Gasteiger partial charge < -0.3 is 20.4 Å². The molecular weight excluding hydrogens is 572 g/mol. The first-order valence-electron chi connectivity index (χ1n) is 12.4. The summed E-state index contributed by atoms with van der Waals surface area (Å²) < 4.78 is 1.12. The first kappa shape index (κ1) is 28.4. The summed E-state index contributed by atoms with van der Waals surface area (Å²) in [6.07, 6.45) is 1.41. The van der Waals surface area contributed by atoms with Crippen molar-refractivity contribution in [3.63, 3.8) is 0 Å². The van der Waals surface area contributed by atoms with E-state index in [2.05, 4.69) is 89.5 Å². The molecule has 2 fully saturated rings. The first-order chi connectivity index (χ1) is 18.1. The molecule has 0 saturated carbocycles. The molecule has 2 saturated heterocycles. The number of hydrogen-bond donors (Lipinski definition) is 4. The Morgan fingerprint density at radius 1 is 1.00 bits per heavy atom. The summed E-state index contributed by atoms with van der Waals surface area (Å²) in [6.45, 7) is 2.17. The van der Waals surface area contributed by atoms with Gasteiger partial charge in [-0.1, -0.05) is 57.9 Å². The van der Waals surface area contributed by atoms with Crippen molar-refractivity contribution in [2.45, 2.75) is 62.3 Å². The number of aromatic nitrogens is 1. The zero-order valence-electron chi connectivity index (χ0n) is 21.1. The standard InChI is InChI=1S/C24H25BrN2S.C4H6O6/c1-15-3-5-16(6-4-15)20-13-19-11-12-21(27(19)2)23(20)24-26-14-22(28-24)17-7-9-18(25)10-8-17;5-1(3(7)8)2(6)4(9)10/h3-10,14,19-21,23H,11-13H2,1-2H3;1-2,5-6H,(H,7,8)(H,9,10)/t19-,20+,21+,23-;/m0./s1. The molecule has 10 heteroatoms. The number of thiazole rings is 1. The maximum absolute atomic E-state index is 9.77. The number of piperidine rings is 1. The van der Waals surface area contributed by atoms with E-state index in [-0.39, 0.29) is 0 Å². The van der Waals surface area contributed by atoms with Crippen LogP contribution in [0.4, 0.5) is 0 Å². The number of aliphatic hydroxyl groups is 2. The molecule has 38 heavy (non-hydrogen) atoms. The van der Waals surface area contributed by atoms with Crippen molar-refractivity contribution in [3.8, 4) is 10.4 Å². The number of halogens is 1. The van der Waals surface area contributed by atoms with E-state index >= 15 is 0 Å². The van der Waals surface area contributed by atoms with E-state index in [1.54, 1.807) is 0 Å². The summed E-state index contributed by atoms with van der Waals surface area (Å²) in [7, 11) is 2.32. The average Bonchev–Trinajstić information content (AvgIpc) is 3.46. The SMILES string of the molecule is Cc1ccc([C@H]2C[C@@H]3CC[C@H]([C@H]2c2ncc(-c4ccc(Br)cc4)s2)N3C)cc1.O=C(O)C(O)C(O)C(=O)O. The molecule has 0 amide bonds. The van der Waals surface area contributed by atoms with Crippen LogP contribution in [0.2, 0.25) is 0 Å². The highest BCUT2D eigenvalue weighted by Gasteiger charge is 2.47. The number of carbonyl (C=O) groups is 2. The van der Waals surface area contributed by atoms with Gasteiger partial charge in [0.15, 0.2) is 12.2 Å². The smallest absolute Gasteiger partial charge is 0.335 e. The van der Waals surface area contributed by atoms with Crippen LogP contribution < -0.4 is 0 Å². The Bertz CT molecular complexity index is 1250. The number of aliphatic carboxylic acids is 2. The molecule has 1 aromatic heterocycles. The predicted molar refractivity (Wildman–Crippen MR) is 148 cm³/mol. The molecule has 4 N–H and O–H groups in total. The van der Waals surface area contributed by atoms with Crippen molar-refractivity contribution in [2.24, 2.45) is 0 Å². The lowest BCUT2D eigenvalue weighted by Gasteiger charge is -2.42. The minimum Gasteiger partial charge on any atom is -0.479 e. The van der Waals surface area contributed by atoms with Crippen molar-refractivity contribution < 1.29 is 30.0 Å². The van der Waals surface area contributed by atoms with Gasteiger partial charge in [-0.05, 0) is 62.4 Å². The molecule has 0 aliphatic carbocycles. The van der Waals surface area contributed by atoms with Crippen LogP contribution in [0.15, 0.2) is 59.2 Å². The van der Waals surface area contributed by atoms with E-state index in [0.29, 0.717) is 17.9 Å². The van der Waals surface area contributed by atoms with Crippen molar-refractivity contribution in [1.82, 2.24) is 9.88 Å². The average molecular weight is 604 g/mol. The molecule has 2 aliphatic heterocycles. The Balaban J connectivity index is 0.000000289. The van der Waals surface area contributed by atoms with Crippen LogP contribution in [0, 0.1) is 6.92 Å². The predicted octanol–water partition coefficient (Wildman–Crippen LogP) is 4.49. The second-order valence-electron chi connectivity index (χ2n) is 9.88. The van der Waals surface area contributed by atoms with E-state index in [1.165, 1.54) is 45.8 Å². The fraction of sp³-hybridized carbons (Fsp3) is 0.393. The third-order valence-electron chi connectivity index (χ3n) is 7.52. The highest BCUT2D eigenvalue weighted by atomic mass is 79.9. The van der Waals surface area contributed by atoms with E-state index in [4.69, 9.17) is 25.4 Å². The minimum absolute atomic E-state index is 0.487. The van der Waals surface area contributed by atoms with Crippen LogP contribution >= 0.6 is 27.3 Å². The first-order valence-corrected chi connectivity index (χ1v) is 14.0. The Labute approximate surface area is 233 Å². The normalized spacial score (nSPS) is 24.2. The number of benzene rings is 2. The van der Waals surface area contributed by atoms with Crippen molar-refractivity contribution in [2.75, 3.05) is 7.05 Å². The molecule has 3 heterocycles. The zero-order chi connectivity index (χ0) is 27.6. The van der Waals surface area contributed by atoms with Gasteiger partial charge in [0.05, 0.1) is 9.88 Å². The monoisotopic (exact) mass is 602 g/mol. The van der Waals surface area contributed by atoms with Crippen LogP contribution in [0.3, 0.4) is 0 Å². The molecule has 0 spiro atoms. The Kier molecular flexibility index (Phi) is 9.00. The number of likely N-dealkylation sites (N-methyl/N-ethyl adjacent to an activating group) is 1. The summed E-state index contributed by atoms with van der Waals surface area (Å²) in [5, 5.41) is 33.8. The summed E-state index contributed by atoms with van der Waals surface area (Å²) in [6, 6.07) is 19.1. The number of hydrogen-bond acceptors (Lipinski definition) is 7. The molecule has 2 aliphatic rings. The fourth-order valence-electron chi connectivity index (χ4n) is 5.42. The quantitative estimate of drug-likeness (QED) is 0.324. The van der Waals surface area contributed by atoms with Crippen molar-refractivity contribution in [3.05, 3.63) is 75.3 Å². The number of carboxylic acids is 2. The van der Waals surface area contributed by atoms with E-state index in [1.807, 2.05) is 11.3 Å². The van der Waals surface area contributed by atoms with Gasteiger partial charge in [0.2, 0.25) is 0 Å². The van der Waals surface area contributed by atoms with Gasteiger partial charge in [0.25, 0.3) is 0 Å². The van der Waals surface area contributed by atoms with Crippen molar-refractivity contribution >= 4 is 39.2 Å². The molecule has 3 aromatic rings. The second kappa shape index (κ2) is 12.0. The molecule has 2 unspecified atom stereocenters. The largest absolute Gasteiger partial charge is 0.479 e. The highest BCUT2D eigenvalue weighted by Crippen LogP contribution is 2.52. The third kappa shape index (κ3) is 6.16. The number of nitrogens with zero attached hydrogens (tertiary/aromatic N) is 2. The maximum atomic E-state index is 9.77. The van der Waals surface area contributed by atoms with Gasteiger partial charge in [0.1, 0.15) is 0 Å². The topological polar surface area (TPSA) is 131 Å². The Morgan fingerprint density at radius 2 is 1.61 bits per heavy atom. The Hall–Kier alpha value is -2.63. The van der Waals surface area contributed by atoms with Gasteiger partial charge >= 0.3 is 11.9 Å². The van der Waals surface area contributed by atoms with Gasteiger partial charge in [-0.2, -0.15) is 0 Å². The number of carboxylic acid groups (broad SMARTS) is 2. The van der Waals surface area contributed by atoms with Crippen LogP contribution in [0.1, 0.15) is 47.2 Å². The minimum atomic E-state index is -2.27. The second-order valence-corrected chi connectivity index (χ2v) is 11.9. The van der Waals surface area contributed by atoms with E-state index in [0.717, 1.165) is 10.5 Å². The third-order valence-corrected chi connectivity index (χ3v) is 9.19. The molecule has 6 atom stereocenters. The summed E-state index contributed by atoms with van der Waals surface area (Å²) in [4.78, 5) is 28.4. The van der Waals surface area contributed by atoms with Crippen LogP contribution in [0.5, 0.6) is 0 Å². The zero-order valence-corrected chi connectivity index (χ0v) is 23.5. The molecule has 8 nitrogen and oxygen atoms in total.